The first-order valence-electron chi connectivity index (χ1n) is 7.82. The number of nitrogens with zero attached hydrogens (tertiary/aromatic N) is 2. The van der Waals surface area contributed by atoms with Crippen molar-refractivity contribution >= 4 is 17.5 Å². The van der Waals surface area contributed by atoms with Crippen molar-refractivity contribution in [2.75, 3.05) is 32.7 Å². The highest BCUT2D eigenvalue weighted by molar-refractivity contribution is 6.30. The molecule has 116 valence electrons. The van der Waals surface area contributed by atoms with E-state index in [2.05, 4.69) is 11.0 Å². The van der Waals surface area contributed by atoms with E-state index in [0.29, 0.717) is 0 Å². The average Bonchev–Trinajstić information content (AvgIpc) is 2.47. The van der Waals surface area contributed by atoms with Gasteiger partial charge in [0.05, 0.1) is 0 Å². The van der Waals surface area contributed by atoms with Gasteiger partial charge < -0.3 is 4.90 Å². The Hall–Kier alpha value is -1.06. The van der Waals surface area contributed by atoms with E-state index in [9.17, 15) is 4.79 Å². The van der Waals surface area contributed by atoms with Crippen LogP contribution in [0.1, 0.15) is 25.8 Å². The summed E-state index contributed by atoms with van der Waals surface area (Å²) in [6, 6.07) is 8.09. The zero-order chi connectivity index (χ0) is 15.2. The first-order valence-corrected chi connectivity index (χ1v) is 8.19. The quantitative estimate of drug-likeness (QED) is 0.834. The third-order valence-corrected chi connectivity index (χ3v) is 4.24. The van der Waals surface area contributed by atoms with Crippen molar-refractivity contribution in [2.24, 2.45) is 5.92 Å². The van der Waals surface area contributed by atoms with E-state index in [0.717, 1.165) is 50.6 Å². The molecule has 21 heavy (non-hydrogen) atoms. The highest BCUT2D eigenvalue weighted by Gasteiger charge is 2.22. The Morgan fingerprint density at radius 2 is 1.95 bits per heavy atom. The monoisotopic (exact) mass is 308 g/mol. The predicted octanol–water partition coefficient (Wildman–Crippen LogP) is 3.07. The molecule has 1 aromatic carbocycles. The molecular weight excluding hydrogens is 284 g/mol. The van der Waals surface area contributed by atoms with Crippen LogP contribution in [-0.2, 0) is 11.2 Å². The second-order valence-corrected chi connectivity index (χ2v) is 6.49. The van der Waals surface area contributed by atoms with Gasteiger partial charge in [0.2, 0.25) is 5.91 Å². The molecular formula is C17H25ClN2O. The highest BCUT2D eigenvalue weighted by Crippen LogP contribution is 2.13. The third-order valence-electron chi connectivity index (χ3n) is 4.01. The summed E-state index contributed by atoms with van der Waals surface area (Å²) in [5.41, 5.74) is 1.30. The van der Waals surface area contributed by atoms with Gasteiger partial charge in [-0.2, -0.15) is 0 Å². The van der Waals surface area contributed by atoms with Crippen molar-refractivity contribution in [2.45, 2.75) is 26.7 Å². The van der Waals surface area contributed by atoms with Crippen molar-refractivity contribution in [3.8, 4) is 0 Å². The van der Waals surface area contributed by atoms with Gasteiger partial charge in [-0.3, -0.25) is 9.69 Å². The van der Waals surface area contributed by atoms with E-state index >= 15 is 0 Å². The van der Waals surface area contributed by atoms with Gasteiger partial charge >= 0.3 is 0 Å². The molecule has 1 amide bonds. The van der Waals surface area contributed by atoms with E-state index in [-0.39, 0.29) is 11.8 Å². The molecule has 0 aromatic heterocycles. The Balaban J connectivity index is 1.68. The van der Waals surface area contributed by atoms with E-state index in [4.69, 9.17) is 11.6 Å². The van der Waals surface area contributed by atoms with Crippen molar-refractivity contribution in [1.29, 1.82) is 0 Å². The lowest BCUT2D eigenvalue weighted by Gasteiger charge is -2.35. The molecule has 1 aromatic rings. The summed E-state index contributed by atoms with van der Waals surface area (Å²) in [4.78, 5) is 16.4. The zero-order valence-corrected chi connectivity index (χ0v) is 13.8. The Labute approximate surface area is 132 Å². The molecule has 1 aliphatic heterocycles. The molecule has 0 spiro atoms. The van der Waals surface area contributed by atoms with Crippen molar-refractivity contribution in [3.05, 3.63) is 34.9 Å². The molecule has 4 heteroatoms. The number of benzene rings is 1. The molecule has 3 nitrogen and oxygen atoms in total. The van der Waals surface area contributed by atoms with Crippen molar-refractivity contribution in [1.82, 2.24) is 9.80 Å². The molecule has 1 fully saturated rings. The fourth-order valence-corrected chi connectivity index (χ4v) is 2.97. The van der Waals surface area contributed by atoms with Gasteiger partial charge in [0.1, 0.15) is 0 Å². The van der Waals surface area contributed by atoms with Crippen molar-refractivity contribution < 1.29 is 4.79 Å². The van der Waals surface area contributed by atoms with Gasteiger partial charge in [-0.25, -0.2) is 0 Å². The maximum absolute atomic E-state index is 11.9. The van der Waals surface area contributed by atoms with Gasteiger partial charge in [0, 0.05) is 37.1 Å². The fraction of sp³-hybridized carbons (Fsp3) is 0.588. The van der Waals surface area contributed by atoms with Gasteiger partial charge in [-0.15, -0.1) is 0 Å². The van der Waals surface area contributed by atoms with Crippen LogP contribution >= 0.6 is 11.6 Å². The second kappa shape index (κ2) is 7.81. The molecule has 0 saturated carbocycles. The molecule has 0 bridgehead atoms. The number of hydrogen-bond donors (Lipinski definition) is 0. The number of rotatable bonds is 5. The number of aryl methyl sites for hydroxylation is 1. The normalized spacial score (nSPS) is 16.5. The number of amides is 1. The lowest BCUT2D eigenvalue weighted by Crippen LogP contribution is -2.49. The minimum Gasteiger partial charge on any atom is -0.340 e. The first-order chi connectivity index (χ1) is 10.1. The smallest absolute Gasteiger partial charge is 0.225 e. The summed E-state index contributed by atoms with van der Waals surface area (Å²) < 4.78 is 0. The van der Waals surface area contributed by atoms with E-state index in [1.165, 1.54) is 5.56 Å². The second-order valence-electron chi connectivity index (χ2n) is 6.06. The van der Waals surface area contributed by atoms with Crippen molar-refractivity contribution in [3.63, 3.8) is 0 Å². The van der Waals surface area contributed by atoms with Crippen LogP contribution in [0, 0.1) is 5.92 Å². The summed E-state index contributed by atoms with van der Waals surface area (Å²) in [6.07, 6.45) is 2.20. The highest BCUT2D eigenvalue weighted by atomic mass is 35.5. The van der Waals surface area contributed by atoms with Crippen LogP contribution in [0.2, 0.25) is 5.02 Å². The number of piperazine rings is 1. The molecule has 0 aliphatic carbocycles. The molecule has 0 atom stereocenters. The molecule has 1 saturated heterocycles. The van der Waals surface area contributed by atoms with Gasteiger partial charge in [0.15, 0.2) is 0 Å². The summed E-state index contributed by atoms with van der Waals surface area (Å²) in [5.74, 6) is 0.396. The number of carbonyl (C=O) groups excluding carboxylic acids is 1. The van der Waals surface area contributed by atoms with E-state index in [1.54, 1.807) is 0 Å². The lowest BCUT2D eigenvalue weighted by molar-refractivity contribution is -0.136. The Kier molecular flexibility index (Phi) is 6.07. The van der Waals surface area contributed by atoms with Gasteiger partial charge in [-0.1, -0.05) is 37.6 Å². The van der Waals surface area contributed by atoms with Gasteiger partial charge in [-0.05, 0) is 37.1 Å². The van der Waals surface area contributed by atoms with Crippen LogP contribution in [0.15, 0.2) is 24.3 Å². The topological polar surface area (TPSA) is 23.6 Å². The van der Waals surface area contributed by atoms with Crippen LogP contribution in [-0.4, -0.2) is 48.4 Å². The van der Waals surface area contributed by atoms with E-state index < -0.39 is 0 Å². The van der Waals surface area contributed by atoms with Crippen LogP contribution in [0.4, 0.5) is 0 Å². The number of halogens is 1. The fourth-order valence-electron chi connectivity index (χ4n) is 2.76. The Bertz CT molecular complexity index is 468. The Morgan fingerprint density at radius 3 is 2.57 bits per heavy atom. The number of hydrogen-bond acceptors (Lipinski definition) is 2. The third kappa shape index (κ3) is 5.01. The SMILES string of the molecule is CC(C)C(=O)N1CCN(CCCc2cccc(Cl)c2)CC1. The molecule has 0 unspecified atom stereocenters. The summed E-state index contributed by atoms with van der Waals surface area (Å²) in [6.45, 7) is 8.76. The van der Waals surface area contributed by atoms with Crippen LogP contribution in [0.3, 0.4) is 0 Å². The van der Waals surface area contributed by atoms with Crippen LogP contribution in [0.25, 0.3) is 0 Å². The molecule has 0 radical (unpaired) electrons. The summed E-state index contributed by atoms with van der Waals surface area (Å²) >= 11 is 6.00. The zero-order valence-electron chi connectivity index (χ0n) is 13.0. The Morgan fingerprint density at radius 1 is 1.24 bits per heavy atom. The summed E-state index contributed by atoms with van der Waals surface area (Å²) in [5, 5.41) is 0.813. The molecule has 0 N–H and O–H groups in total. The molecule has 2 rings (SSSR count). The van der Waals surface area contributed by atoms with Gasteiger partial charge in [0.25, 0.3) is 0 Å². The van der Waals surface area contributed by atoms with Crippen LogP contribution in [0.5, 0.6) is 0 Å². The lowest BCUT2D eigenvalue weighted by atomic mass is 10.1. The van der Waals surface area contributed by atoms with E-state index in [1.807, 2.05) is 36.9 Å². The largest absolute Gasteiger partial charge is 0.340 e. The minimum absolute atomic E-state index is 0.111. The molecule has 1 aliphatic rings. The first kappa shape index (κ1) is 16.3. The number of carbonyl (C=O) groups is 1. The standard InChI is InChI=1S/C17H25ClN2O/c1-14(2)17(21)20-11-9-19(10-12-20)8-4-6-15-5-3-7-16(18)13-15/h3,5,7,13-14H,4,6,8-12H2,1-2H3. The average molecular weight is 309 g/mol. The predicted molar refractivity (Wildman–Crippen MR) is 87.6 cm³/mol. The maximum atomic E-state index is 11.9. The maximum Gasteiger partial charge on any atom is 0.225 e. The molecule has 1 heterocycles. The minimum atomic E-state index is 0.111. The van der Waals surface area contributed by atoms with Crippen LogP contribution < -0.4 is 0 Å². The summed E-state index contributed by atoms with van der Waals surface area (Å²) in [7, 11) is 0.